The second-order valence-electron chi connectivity index (χ2n) is 4.61. The van der Waals surface area contributed by atoms with Gasteiger partial charge in [-0.3, -0.25) is 4.79 Å². The molecule has 3 aromatic rings. The molecule has 0 fully saturated rings. The highest BCUT2D eigenvalue weighted by atomic mass is 32.1. The smallest absolute Gasteiger partial charge is 0.366 e. The summed E-state index contributed by atoms with van der Waals surface area (Å²) in [6.45, 7) is 0. The van der Waals surface area contributed by atoms with Crippen LogP contribution < -0.4 is 5.73 Å². The van der Waals surface area contributed by atoms with Crippen LogP contribution in [0.1, 0.15) is 15.9 Å². The van der Waals surface area contributed by atoms with E-state index in [1.807, 2.05) is 0 Å². The Morgan fingerprint density at radius 2 is 1.86 bits per heavy atom. The van der Waals surface area contributed by atoms with E-state index in [0.717, 1.165) is 23.5 Å². The van der Waals surface area contributed by atoms with Crippen molar-refractivity contribution in [2.45, 2.75) is 6.18 Å². The van der Waals surface area contributed by atoms with Crippen molar-refractivity contribution >= 4 is 27.5 Å². The zero-order valence-electron chi connectivity index (χ0n) is 11.0. The molecule has 3 nitrogen and oxygen atoms in total. The van der Waals surface area contributed by atoms with Gasteiger partial charge in [0.1, 0.15) is 5.01 Å². The molecule has 2 aromatic carbocycles. The number of thiazole rings is 1. The van der Waals surface area contributed by atoms with E-state index >= 15 is 0 Å². The van der Waals surface area contributed by atoms with Crippen molar-refractivity contribution in [3.8, 4) is 10.6 Å². The highest BCUT2D eigenvalue weighted by Crippen LogP contribution is 2.36. The Kier molecular flexibility index (Phi) is 3.37. The van der Waals surface area contributed by atoms with E-state index in [1.165, 1.54) is 6.07 Å². The molecule has 0 saturated heterocycles. The van der Waals surface area contributed by atoms with Crippen LogP contribution in [0.5, 0.6) is 0 Å². The van der Waals surface area contributed by atoms with Crippen molar-refractivity contribution in [3.05, 3.63) is 53.6 Å². The Morgan fingerprint density at radius 3 is 2.55 bits per heavy atom. The zero-order chi connectivity index (χ0) is 15.9. The van der Waals surface area contributed by atoms with Crippen molar-refractivity contribution in [2.75, 3.05) is 0 Å². The summed E-state index contributed by atoms with van der Waals surface area (Å²) < 4.78 is 38.6. The van der Waals surface area contributed by atoms with Crippen LogP contribution in [0.25, 0.3) is 20.8 Å². The number of hydrogen-bond acceptors (Lipinski definition) is 3. The number of carbonyl (C=O) groups excluding carboxylic acids is 1. The molecule has 7 heteroatoms. The topological polar surface area (TPSA) is 56.0 Å². The molecule has 0 saturated carbocycles. The first kappa shape index (κ1) is 14.5. The molecule has 0 unspecified atom stereocenters. The predicted molar refractivity (Wildman–Crippen MR) is 78.6 cm³/mol. The van der Waals surface area contributed by atoms with Crippen LogP contribution >= 0.6 is 11.3 Å². The van der Waals surface area contributed by atoms with Crippen LogP contribution in [0.2, 0.25) is 0 Å². The first-order chi connectivity index (χ1) is 10.4. The van der Waals surface area contributed by atoms with E-state index in [2.05, 4.69) is 4.98 Å². The van der Waals surface area contributed by atoms with Crippen molar-refractivity contribution in [2.24, 2.45) is 5.73 Å². The molecular weight excluding hydrogens is 313 g/mol. The average molecular weight is 322 g/mol. The summed E-state index contributed by atoms with van der Waals surface area (Å²) in [5.41, 5.74) is 5.85. The number of aromatic nitrogens is 1. The van der Waals surface area contributed by atoms with Gasteiger partial charge in [-0.05, 0) is 24.3 Å². The highest BCUT2D eigenvalue weighted by molar-refractivity contribution is 7.21. The summed E-state index contributed by atoms with van der Waals surface area (Å²) in [6.07, 6.45) is -4.40. The Bertz CT molecular complexity index is 871. The van der Waals surface area contributed by atoms with Gasteiger partial charge < -0.3 is 5.73 Å². The third-order valence-corrected chi connectivity index (χ3v) is 4.19. The van der Waals surface area contributed by atoms with Gasteiger partial charge in [0.15, 0.2) is 0 Å². The van der Waals surface area contributed by atoms with Gasteiger partial charge in [0.05, 0.1) is 15.8 Å². The zero-order valence-corrected chi connectivity index (χ0v) is 11.8. The van der Waals surface area contributed by atoms with Crippen molar-refractivity contribution in [1.29, 1.82) is 0 Å². The molecule has 0 aliphatic heterocycles. The van der Waals surface area contributed by atoms with Gasteiger partial charge in [-0.15, -0.1) is 11.3 Å². The Labute approximate surface area is 127 Å². The van der Waals surface area contributed by atoms with Gasteiger partial charge in [-0.1, -0.05) is 18.2 Å². The van der Waals surface area contributed by atoms with Crippen LogP contribution in [-0.4, -0.2) is 10.9 Å². The summed E-state index contributed by atoms with van der Waals surface area (Å²) in [5.74, 6) is -0.606. The largest absolute Gasteiger partial charge is 0.416 e. The summed E-state index contributed by atoms with van der Waals surface area (Å²) in [4.78, 5) is 15.7. The van der Waals surface area contributed by atoms with Crippen molar-refractivity contribution in [1.82, 2.24) is 4.98 Å². The molecule has 0 aliphatic rings. The number of carbonyl (C=O) groups is 1. The first-order valence-electron chi connectivity index (χ1n) is 6.23. The number of primary amides is 1. The normalized spacial score (nSPS) is 11.8. The van der Waals surface area contributed by atoms with Crippen molar-refractivity contribution in [3.63, 3.8) is 0 Å². The number of amides is 1. The standard InChI is InChI=1S/C15H9F3N2OS/c16-15(17,18)8-5-6-11-12(7-8)22-14(20-11)10-4-2-1-3-9(10)13(19)21/h1-7H,(H2,19,21). The van der Waals surface area contributed by atoms with Gasteiger partial charge in [0, 0.05) is 11.1 Å². The molecule has 0 radical (unpaired) electrons. The molecule has 2 N–H and O–H groups in total. The fourth-order valence-electron chi connectivity index (χ4n) is 2.10. The lowest BCUT2D eigenvalue weighted by Gasteiger charge is -2.04. The fraction of sp³-hybridized carbons (Fsp3) is 0.0667. The Hall–Kier alpha value is -2.41. The summed E-state index contributed by atoms with van der Waals surface area (Å²) >= 11 is 1.09. The number of hydrogen-bond donors (Lipinski definition) is 1. The van der Waals surface area contributed by atoms with Crippen LogP contribution in [0.15, 0.2) is 42.5 Å². The highest BCUT2D eigenvalue weighted by Gasteiger charge is 2.30. The lowest BCUT2D eigenvalue weighted by atomic mass is 10.1. The quantitative estimate of drug-likeness (QED) is 0.773. The molecule has 0 bridgehead atoms. The van der Waals surface area contributed by atoms with Crippen LogP contribution in [-0.2, 0) is 6.18 Å². The summed E-state index contributed by atoms with van der Waals surface area (Å²) in [5, 5.41) is 0.462. The minimum atomic E-state index is -4.40. The van der Waals surface area contributed by atoms with Gasteiger partial charge in [-0.2, -0.15) is 13.2 Å². The van der Waals surface area contributed by atoms with E-state index < -0.39 is 17.6 Å². The lowest BCUT2D eigenvalue weighted by molar-refractivity contribution is -0.137. The van der Waals surface area contributed by atoms with Gasteiger partial charge in [0.2, 0.25) is 5.91 Å². The molecule has 1 amide bonds. The van der Waals surface area contributed by atoms with E-state index in [0.29, 0.717) is 20.8 Å². The molecule has 1 aromatic heterocycles. The lowest BCUT2D eigenvalue weighted by Crippen LogP contribution is -2.12. The maximum Gasteiger partial charge on any atom is 0.416 e. The van der Waals surface area contributed by atoms with E-state index in [1.54, 1.807) is 24.3 Å². The third-order valence-electron chi connectivity index (χ3n) is 3.14. The number of rotatable bonds is 2. The summed E-state index contributed by atoms with van der Waals surface area (Å²) in [6, 6.07) is 9.99. The number of nitrogens with two attached hydrogens (primary N) is 1. The van der Waals surface area contributed by atoms with Gasteiger partial charge in [0.25, 0.3) is 0 Å². The fourth-order valence-corrected chi connectivity index (χ4v) is 3.15. The molecule has 112 valence electrons. The maximum atomic E-state index is 12.7. The van der Waals surface area contributed by atoms with E-state index in [-0.39, 0.29) is 5.56 Å². The minimum Gasteiger partial charge on any atom is -0.366 e. The molecule has 1 heterocycles. The SMILES string of the molecule is NC(=O)c1ccccc1-c1nc2ccc(C(F)(F)F)cc2s1. The molecular formula is C15H9F3N2OS. The number of nitrogens with zero attached hydrogens (tertiary/aromatic N) is 1. The monoisotopic (exact) mass is 322 g/mol. The molecule has 0 aliphatic carbocycles. The number of halogens is 3. The summed E-state index contributed by atoms with van der Waals surface area (Å²) in [7, 11) is 0. The van der Waals surface area contributed by atoms with E-state index in [9.17, 15) is 18.0 Å². The predicted octanol–water partition coefficient (Wildman–Crippen LogP) is 4.08. The van der Waals surface area contributed by atoms with Crippen LogP contribution in [0.4, 0.5) is 13.2 Å². The molecule has 0 atom stereocenters. The third kappa shape index (κ3) is 2.55. The van der Waals surface area contributed by atoms with Gasteiger partial charge in [-0.25, -0.2) is 4.98 Å². The Morgan fingerprint density at radius 1 is 1.14 bits per heavy atom. The van der Waals surface area contributed by atoms with Crippen LogP contribution in [0.3, 0.4) is 0 Å². The first-order valence-corrected chi connectivity index (χ1v) is 7.05. The second kappa shape index (κ2) is 5.10. The average Bonchev–Trinajstić information content (AvgIpc) is 2.89. The minimum absolute atomic E-state index is 0.289. The molecule has 3 rings (SSSR count). The molecule has 0 spiro atoms. The molecule has 22 heavy (non-hydrogen) atoms. The van der Waals surface area contributed by atoms with Crippen molar-refractivity contribution < 1.29 is 18.0 Å². The number of fused-ring (bicyclic) bond motifs is 1. The number of benzene rings is 2. The van der Waals surface area contributed by atoms with E-state index in [4.69, 9.17) is 5.73 Å². The van der Waals surface area contributed by atoms with Crippen LogP contribution in [0, 0.1) is 0 Å². The maximum absolute atomic E-state index is 12.7. The van der Waals surface area contributed by atoms with Gasteiger partial charge >= 0.3 is 6.18 Å². The number of alkyl halides is 3. The Balaban J connectivity index is 2.16. The second-order valence-corrected chi connectivity index (χ2v) is 5.64.